The van der Waals surface area contributed by atoms with E-state index in [0.29, 0.717) is 19.3 Å². The van der Waals surface area contributed by atoms with Crippen molar-refractivity contribution in [2.24, 2.45) is 0 Å². The van der Waals surface area contributed by atoms with Crippen LogP contribution in [0, 0.1) is 0 Å². The van der Waals surface area contributed by atoms with Crippen molar-refractivity contribution >= 4 is 17.7 Å². The molecular formula is C20H22N2O4. The van der Waals surface area contributed by atoms with Gasteiger partial charge in [-0.3, -0.25) is 10.1 Å². The molecule has 0 aliphatic carbocycles. The molecule has 0 radical (unpaired) electrons. The van der Waals surface area contributed by atoms with E-state index in [4.69, 9.17) is 9.84 Å². The van der Waals surface area contributed by atoms with E-state index >= 15 is 0 Å². The molecule has 1 heterocycles. The van der Waals surface area contributed by atoms with Gasteiger partial charge in [-0.2, -0.15) is 0 Å². The van der Waals surface area contributed by atoms with Gasteiger partial charge < -0.3 is 15.2 Å². The lowest BCUT2D eigenvalue weighted by atomic mass is 10.1. The molecule has 0 bridgehead atoms. The first-order chi connectivity index (χ1) is 12.6. The van der Waals surface area contributed by atoms with Gasteiger partial charge in [0, 0.05) is 12.1 Å². The van der Waals surface area contributed by atoms with Crippen LogP contribution in [0.5, 0.6) is 0 Å². The number of hydrogen-bond acceptors (Lipinski definition) is 4. The van der Waals surface area contributed by atoms with E-state index in [2.05, 4.69) is 10.6 Å². The first-order valence-electron chi connectivity index (χ1n) is 8.70. The summed E-state index contributed by atoms with van der Waals surface area (Å²) in [7, 11) is 0. The molecule has 0 saturated heterocycles. The molecule has 2 atom stereocenters. The second-order valence-corrected chi connectivity index (χ2v) is 6.30. The van der Waals surface area contributed by atoms with Crippen molar-refractivity contribution in [3.63, 3.8) is 0 Å². The van der Waals surface area contributed by atoms with E-state index < -0.39 is 18.4 Å². The largest absolute Gasteiger partial charge is 0.507 e. The van der Waals surface area contributed by atoms with Crippen molar-refractivity contribution in [2.45, 2.75) is 38.0 Å². The molecule has 136 valence electrons. The van der Waals surface area contributed by atoms with Gasteiger partial charge in [-0.05, 0) is 36.5 Å². The van der Waals surface area contributed by atoms with Crippen molar-refractivity contribution in [3.05, 3.63) is 65.7 Å². The molecule has 1 aliphatic heterocycles. The van der Waals surface area contributed by atoms with Crippen LogP contribution in [0.15, 0.2) is 54.6 Å². The molecule has 3 rings (SSSR count). The highest BCUT2D eigenvalue weighted by Crippen LogP contribution is 2.22. The van der Waals surface area contributed by atoms with Gasteiger partial charge in [0.25, 0.3) is 0 Å². The zero-order chi connectivity index (χ0) is 18.4. The summed E-state index contributed by atoms with van der Waals surface area (Å²) in [6.07, 6.45) is 0.309. The number of benzene rings is 2. The number of para-hydroxylation sites is 1. The highest BCUT2D eigenvalue weighted by Gasteiger charge is 2.27. The fraction of sp³-hybridized carbons (Fsp3) is 0.300. The van der Waals surface area contributed by atoms with Crippen LogP contribution < -0.4 is 10.6 Å². The van der Waals surface area contributed by atoms with Crippen LogP contribution in [-0.4, -0.2) is 29.4 Å². The number of rotatable bonds is 6. The zero-order valence-electron chi connectivity index (χ0n) is 14.4. The van der Waals surface area contributed by atoms with Gasteiger partial charge >= 0.3 is 6.16 Å². The number of hydrogen-bond donors (Lipinski definition) is 3. The van der Waals surface area contributed by atoms with Crippen LogP contribution in [0.3, 0.4) is 0 Å². The highest BCUT2D eigenvalue weighted by atomic mass is 16.7. The Morgan fingerprint density at radius 3 is 2.69 bits per heavy atom. The second kappa shape index (κ2) is 8.49. The number of carboxylic acid groups (broad SMARTS) is 1. The van der Waals surface area contributed by atoms with Crippen molar-refractivity contribution in [1.29, 1.82) is 0 Å². The maximum atomic E-state index is 12.5. The fourth-order valence-corrected chi connectivity index (χ4v) is 3.13. The molecule has 0 spiro atoms. The zero-order valence-corrected chi connectivity index (χ0v) is 14.4. The molecule has 6 heteroatoms. The predicted octanol–water partition coefficient (Wildman–Crippen LogP) is 3.18. The van der Waals surface area contributed by atoms with Crippen molar-refractivity contribution in [1.82, 2.24) is 5.32 Å². The Bertz CT molecular complexity index is 763. The summed E-state index contributed by atoms with van der Waals surface area (Å²) >= 11 is 0. The fourth-order valence-electron chi connectivity index (χ4n) is 3.13. The van der Waals surface area contributed by atoms with Gasteiger partial charge in [0.15, 0.2) is 6.23 Å². The summed E-state index contributed by atoms with van der Waals surface area (Å²) in [5.41, 5.74) is 2.97. The van der Waals surface area contributed by atoms with Crippen LogP contribution in [0.2, 0.25) is 0 Å². The first-order valence-corrected chi connectivity index (χ1v) is 8.70. The molecule has 2 aromatic carbocycles. The van der Waals surface area contributed by atoms with Crippen molar-refractivity contribution < 1.29 is 19.4 Å². The lowest BCUT2D eigenvalue weighted by Crippen LogP contribution is -2.47. The number of fused-ring (bicyclic) bond motifs is 1. The third kappa shape index (κ3) is 4.83. The van der Waals surface area contributed by atoms with E-state index in [1.807, 2.05) is 54.6 Å². The standard InChI is InChI=1S/C20H22N2O4/c23-19-17(12-11-15-8-4-5-9-16(15)22-19)21-18(26-20(24)25)13-10-14-6-2-1-3-7-14/h1-9,17-18,21H,10-13H2,(H,22,23)(H,24,25)/t17?,18-/m1/s1. The molecule has 1 amide bonds. The minimum Gasteiger partial charge on any atom is -0.450 e. The van der Waals surface area contributed by atoms with Crippen molar-refractivity contribution in [2.75, 3.05) is 5.32 Å². The van der Waals surface area contributed by atoms with Crippen LogP contribution in [0.25, 0.3) is 0 Å². The summed E-state index contributed by atoms with van der Waals surface area (Å²) < 4.78 is 4.97. The summed E-state index contributed by atoms with van der Waals surface area (Å²) in [6.45, 7) is 0. The lowest BCUT2D eigenvalue weighted by Gasteiger charge is -2.23. The number of nitrogens with one attached hydrogen (secondary N) is 2. The molecule has 0 fully saturated rings. The van der Waals surface area contributed by atoms with E-state index in [-0.39, 0.29) is 5.91 Å². The summed E-state index contributed by atoms with van der Waals surface area (Å²) in [5, 5.41) is 15.0. The number of aryl methyl sites for hydroxylation is 2. The van der Waals surface area contributed by atoms with Crippen LogP contribution in [0.4, 0.5) is 10.5 Å². The van der Waals surface area contributed by atoms with Gasteiger partial charge in [-0.15, -0.1) is 0 Å². The Labute approximate surface area is 152 Å². The van der Waals surface area contributed by atoms with Crippen molar-refractivity contribution in [3.8, 4) is 0 Å². The van der Waals surface area contributed by atoms with Crippen LogP contribution >= 0.6 is 0 Å². The number of ether oxygens (including phenoxy) is 1. The molecule has 1 unspecified atom stereocenters. The normalized spacial score (nSPS) is 17.5. The molecule has 26 heavy (non-hydrogen) atoms. The van der Waals surface area contributed by atoms with E-state index in [9.17, 15) is 9.59 Å². The Kier molecular flexibility index (Phi) is 5.86. The molecule has 1 aliphatic rings. The van der Waals surface area contributed by atoms with Crippen LogP contribution in [0.1, 0.15) is 24.0 Å². The Morgan fingerprint density at radius 2 is 1.92 bits per heavy atom. The van der Waals surface area contributed by atoms with E-state index in [1.165, 1.54) is 0 Å². The molecular weight excluding hydrogens is 332 g/mol. The molecule has 3 N–H and O–H groups in total. The van der Waals surface area contributed by atoms with E-state index in [1.54, 1.807) is 0 Å². The SMILES string of the molecule is O=C(O)O[C@H](CCc1ccccc1)NC1CCc2ccccc2NC1=O. The van der Waals surface area contributed by atoms with Crippen LogP contribution in [-0.2, 0) is 22.4 Å². The Morgan fingerprint density at radius 1 is 1.19 bits per heavy atom. The van der Waals surface area contributed by atoms with E-state index in [0.717, 1.165) is 23.2 Å². The molecule has 0 aromatic heterocycles. The number of carbonyl (C=O) groups is 2. The average molecular weight is 354 g/mol. The quantitative estimate of drug-likeness (QED) is 0.548. The monoisotopic (exact) mass is 354 g/mol. The smallest absolute Gasteiger partial charge is 0.450 e. The van der Waals surface area contributed by atoms with Gasteiger partial charge in [0.2, 0.25) is 5.91 Å². The van der Waals surface area contributed by atoms with Gasteiger partial charge in [0.1, 0.15) is 0 Å². The third-order valence-corrected chi connectivity index (χ3v) is 4.46. The maximum absolute atomic E-state index is 12.5. The molecule has 2 aromatic rings. The molecule has 0 saturated carbocycles. The summed E-state index contributed by atoms with van der Waals surface area (Å²) in [4.78, 5) is 23.5. The minimum absolute atomic E-state index is 0.173. The second-order valence-electron chi connectivity index (χ2n) is 6.30. The topological polar surface area (TPSA) is 87.7 Å². The Hall–Kier alpha value is -2.86. The Balaban J connectivity index is 1.64. The highest BCUT2D eigenvalue weighted by molar-refractivity contribution is 5.96. The first kappa shape index (κ1) is 17.9. The summed E-state index contributed by atoms with van der Waals surface area (Å²) in [5.74, 6) is -0.173. The lowest BCUT2D eigenvalue weighted by molar-refractivity contribution is -0.119. The number of anilines is 1. The number of carbonyl (C=O) groups excluding carboxylic acids is 1. The number of amides is 1. The van der Waals surface area contributed by atoms with Gasteiger partial charge in [0.05, 0.1) is 6.04 Å². The maximum Gasteiger partial charge on any atom is 0.507 e. The average Bonchev–Trinajstić information content (AvgIpc) is 2.79. The predicted molar refractivity (Wildman–Crippen MR) is 98.0 cm³/mol. The summed E-state index contributed by atoms with van der Waals surface area (Å²) in [6, 6.07) is 16.9. The van der Waals surface area contributed by atoms with Gasteiger partial charge in [-0.1, -0.05) is 48.5 Å². The minimum atomic E-state index is -1.35. The third-order valence-electron chi connectivity index (χ3n) is 4.46. The molecule has 6 nitrogen and oxygen atoms in total. The van der Waals surface area contributed by atoms with Gasteiger partial charge in [-0.25, -0.2) is 4.79 Å².